The highest BCUT2D eigenvalue weighted by Crippen LogP contribution is 2.52. The number of nitriles is 1. The third-order valence-electron chi connectivity index (χ3n) is 8.21. The van der Waals surface area contributed by atoms with E-state index in [1.807, 2.05) is 20.8 Å². The number of hydrogen-bond donors (Lipinski definition) is 1. The number of thioether (sulfide) groups is 1. The minimum absolute atomic E-state index is 0.0462. The Balaban J connectivity index is 1.67. The van der Waals surface area contributed by atoms with E-state index < -0.39 is 10.8 Å². The van der Waals surface area contributed by atoms with Crippen LogP contribution in [0.4, 0.5) is 11.4 Å². The average molecular weight is 613 g/mol. The van der Waals surface area contributed by atoms with Gasteiger partial charge in [-0.15, -0.1) is 11.8 Å². The first-order valence-corrected chi connectivity index (χ1v) is 15.4. The van der Waals surface area contributed by atoms with Gasteiger partial charge in [-0.25, -0.2) is 0 Å². The molecule has 0 fully saturated rings. The molecule has 3 aromatic carbocycles. The lowest BCUT2D eigenvalue weighted by atomic mass is 9.68. The van der Waals surface area contributed by atoms with Gasteiger partial charge in [-0.05, 0) is 73.1 Å². The first-order chi connectivity index (χ1) is 20.3. The fraction of sp³-hybridized carbons (Fsp3) is 0.294. The number of ketones is 1. The summed E-state index contributed by atoms with van der Waals surface area (Å²) in [6.45, 7) is 10.2. The summed E-state index contributed by atoms with van der Waals surface area (Å²) in [7, 11) is 0. The van der Waals surface area contributed by atoms with Crippen LogP contribution < -0.4 is 10.6 Å². The number of carbonyl (C=O) groups is 1. The van der Waals surface area contributed by atoms with Crippen molar-refractivity contribution >= 4 is 40.5 Å². The maximum Gasteiger partial charge on any atom is 0.271 e. The molecule has 1 aliphatic carbocycles. The molecule has 0 aromatic heterocycles. The minimum atomic E-state index is -0.639. The van der Waals surface area contributed by atoms with Crippen LogP contribution in [0.25, 0.3) is 0 Å². The van der Waals surface area contributed by atoms with E-state index >= 15 is 0 Å². The van der Waals surface area contributed by atoms with E-state index in [1.54, 1.807) is 16.7 Å². The van der Waals surface area contributed by atoms with Crippen molar-refractivity contribution in [1.82, 2.24) is 0 Å². The number of allylic oxidation sites excluding steroid dienone is 3. The van der Waals surface area contributed by atoms with E-state index in [4.69, 9.17) is 17.3 Å². The second-order valence-electron chi connectivity index (χ2n) is 12.1. The molecule has 0 amide bonds. The van der Waals surface area contributed by atoms with Crippen LogP contribution in [-0.2, 0) is 10.5 Å². The number of anilines is 1. The van der Waals surface area contributed by atoms with Crippen LogP contribution >= 0.6 is 23.4 Å². The monoisotopic (exact) mass is 612 g/mol. The number of halogens is 1. The van der Waals surface area contributed by atoms with Crippen LogP contribution in [0.5, 0.6) is 0 Å². The summed E-state index contributed by atoms with van der Waals surface area (Å²) in [6.07, 6.45) is 0.835. The molecule has 5 rings (SSSR count). The Hall–Kier alpha value is -4.06. The maximum absolute atomic E-state index is 14.0. The van der Waals surface area contributed by atoms with E-state index in [1.165, 1.54) is 23.8 Å². The summed E-state index contributed by atoms with van der Waals surface area (Å²) >= 11 is 8.33. The van der Waals surface area contributed by atoms with E-state index in [9.17, 15) is 20.2 Å². The molecular weight excluding hydrogens is 580 g/mol. The molecule has 1 aliphatic heterocycles. The zero-order valence-electron chi connectivity index (χ0n) is 24.8. The van der Waals surface area contributed by atoms with Crippen molar-refractivity contribution in [3.8, 4) is 6.07 Å². The van der Waals surface area contributed by atoms with E-state index in [0.717, 1.165) is 32.9 Å². The van der Waals surface area contributed by atoms with Crippen LogP contribution in [0.3, 0.4) is 0 Å². The minimum Gasteiger partial charge on any atom is -0.384 e. The number of rotatable bonds is 6. The fourth-order valence-corrected chi connectivity index (χ4v) is 7.28. The Morgan fingerprint density at radius 3 is 2.42 bits per heavy atom. The zero-order chi connectivity index (χ0) is 31.2. The Bertz CT molecular complexity index is 1770. The summed E-state index contributed by atoms with van der Waals surface area (Å²) in [4.78, 5) is 27.7. The van der Waals surface area contributed by atoms with Gasteiger partial charge < -0.3 is 5.73 Å². The molecular formula is C34H33ClN4O3S. The zero-order valence-corrected chi connectivity index (χ0v) is 26.4. The Kier molecular flexibility index (Phi) is 8.17. The number of nitro groups is 1. The Morgan fingerprint density at radius 2 is 1.79 bits per heavy atom. The van der Waals surface area contributed by atoms with Gasteiger partial charge in [-0.3, -0.25) is 19.8 Å². The topological polar surface area (TPSA) is 113 Å². The van der Waals surface area contributed by atoms with Crippen LogP contribution in [0.15, 0.2) is 82.2 Å². The summed E-state index contributed by atoms with van der Waals surface area (Å²) in [5, 5.41) is 22.0. The molecule has 0 bridgehead atoms. The average Bonchev–Trinajstić information content (AvgIpc) is 2.93. The molecule has 2 N–H and O–H groups in total. The molecule has 0 saturated carbocycles. The van der Waals surface area contributed by atoms with E-state index in [2.05, 4.69) is 56.3 Å². The van der Waals surface area contributed by atoms with Gasteiger partial charge >= 0.3 is 0 Å². The second-order valence-corrected chi connectivity index (χ2v) is 13.6. The highest BCUT2D eigenvalue weighted by molar-refractivity contribution is 7.98. The van der Waals surface area contributed by atoms with Crippen molar-refractivity contribution < 1.29 is 9.72 Å². The quantitative estimate of drug-likeness (QED) is 0.169. The molecule has 0 radical (unpaired) electrons. The van der Waals surface area contributed by atoms with Gasteiger partial charge in [0, 0.05) is 40.5 Å². The van der Waals surface area contributed by atoms with Crippen molar-refractivity contribution in [3.05, 3.63) is 120 Å². The summed E-state index contributed by atoms with van der Waals surface area (Å²) in [5.41, 5.74) is 13.4. The standard InChI is InChI=1S/C34H33ClN4O3S/c1-19-6-9-24(10-7-19)43-18-22-13-25(21(3)12-20(22)2)31-26(17-36)33(37)38(28-11-8-23(39(41)42)14-27(28)35)29-15-34(4,5)16-30(40)32(29)31/h6-14,31H,15-16,18,37H2,1-5H3. The molecule has 220 valence electrons. The molecule has 1 unspecified atom stereocenters. The number of nitrogens with zero attached hydrogens (tertiary/aromatic N) is 3. The number of nitro benzene ring substituents is 1. The van der Waals surface area contributed by atoms with E-state index in [-0.39, 0.29) is 33.3 Å². The fourth-order valence-electron chi connectivity index (χ4n) is 6.06. The number of carbonyl (C=O) groups excluding carboxylic acids is 1. The third kappa shape index (κ3) is 5.80. The first-order valence-electron chi connectivity index (χ1n) is 14.0. The van der Waals surface area contributed by atoms with E-state index in [0.29, 0.717) is 29.8 Å². The van der Waals surface area contributed by atoms with Gasteiger partial charge in [-0.1, -0.05) is 55.3 Å². The van der Waals surface area contributed by atoms with Crippen molar-refractivity contribution in [2.24, 2.45) is 11.1 Å². The Morgan fingerprint density at radius 1 is 1.09 bits per heavy atom. The van der Waals surface area contributed by atoms with Gasteiger partial charge in [0.25, 0.3) is 5.69 Å². The number of aryl methyl sites for hydroxylation is 3. The van der Waals surface area contributed by atoms with Crippen LogP contribution in [0.1, 0.15) is 60.4 Å². The van der Waals surface area contributed by atoms with Crippen molar-refractivity contribution in [1.29, 1.82) is 5.26 Å². The number of non-ortho nitro benzene ring substituents is 1. The van der Waals surface area contributed by atoms with Crippen molar-refractivity contribution in [2.75, 3.05) is 4.90 Å². The number of nitrogens with two attached hydrogens (primary N) is 1. The molecule has 1 heterocycles. The summed E-state index contributed by atoms with van der Waals surface area (Å²) in [6, 6.07) is 19.1. The third-order valence-corrected chi connectivity index (χ3v) is 9.58. The largest absolute Gasteiger partial charge is 0.384 e. The van der Waals surface area contributed by atoms with Gasteiger partial charge in [0.05, 0.1) is 33.2 Å². The summed E-state index contributed by atoms with van der Waals surface area (Å²) < 4.78 is 0. The second kappa shape index (κ2) is 11.6. The molecule has 9 heteroatoms. The van der Waals surface area contributed by atoms with Gasteiger partial charge in [0.15, 0.2) is 5.78 Å². The molecule has 1 atom stereocenters. The predicted molar refractivity (Wildman–Crippen MR) is 172 cm³/mol. The van der Waals surface area contributed by atoms with Gasteiger partial charge in [0.2, 0.25) is 0 Å². The van der Waals surface area contributed by atoms with Crippen LogP contribution in [0.2, 0.25) is 5.02 Å². The highest BCUT2D eigenvalue weighted by atomic mass is 35.5. The maximum atomic E-state index is 14.0. The lowest BCUT2D eigenvalue weighted by Gasteiger charge is -2.44. The SMILES string of the molecule is Cc1ccc(SCc2cc(C3C(C#N)=C(N)N(c4ccc([N+](=O)[O-])cc4Cl)C4=C3C(=O)CC(C)(C)C4)c(C)cc2C)cc1. The molecule has 2 aliphatic rings. The molecule has 0 spiro atoms. The van der Waals surface area contributed by atoms with Crippen molar-refractivity contribution in [3.63, 3.8) is 0 Å². The molecule has 0 saturated heterocycles. The van der Waals surface area contributed by atoms with Gasteiger partial charge in [-0.2, -0.15) is 5.26 Å². The lowest BCUT2D eigenvalue weighted by molar-refractivity contribution is -0.384. The van der Waals surface area contributed by atoms with Crippen LogP contribution in [0, 0.1) is 47.6 Å². The highest BCUT2D eigenvalue weighted by Gasteiger charge is 2.45. The Labute approximate surface area is 261 Å². The molecule has 3 aromatic rings. The normalized spacial score (nSPS) is 18.0. The lowest BCUT2D eigenvalue weighted by Crippen LogP contribution is -2.42. The molecule has 7 nitrogen and oxygen atoms in total. The molecule has 43 heavy (non-hydrogen) atoms. The number of Topliss-reactive ketones (excluding diaryl/α,β-unsaturated/α-hetero) is 1. The van der Waals surface area contributed by atoms with Crippen LogP contribution in [-0.4, -0.2) is 10.7 Å². The summed E-state index contributed by atoms with van der Waals surface area (Å²) in [5.74, 6) is 0.214. The number of benzene rings is 3. The first kappa shape index (κ1) is 30.4. The predicted octanol–water partition coefficient (Wildman–Crippen LogP) is 8.41. The van der Waals surface area contributed by atoms with Crippen molar-refractivity contribution in [2.45, 2.75) is 64.0 Å². The smallest absolute Gasteiger partial charge is 0.271 e. The van der Waals surface area contributed by atoms with Gasteiger partial charge in [0.1, 0.15) is 5.82 Å². The number of hydrogen-bond acceptors (Lipinski definition) is 7.